The Morgan fingerprint density at radius 1 is 0.548 bits per heavy atom. The maximum absolute atomic E-state index is 2.51. The van der Waals surface area contributed by atoms with E-state index in [1.165, 1.54) is 77.3 Å². The van der Waals surface area contributed by atoms with Crippen LogP contribution >= 0.6 is 0 Å². The first-order valence-corrected chi connectivity index (χ1v) is 14.9. The van der Waals surface area contributed by atoms with Gasteiger partial charge in [-0.2, -0.15) is 0 Å². The number of aromatic nitrogens is 2. The second kappa shape index (κ2) is 9.78. The Kier molecular flexibility index (Phi) is 5.75. The highest BCUT2D eigenvalue weighted by Gasteiger charge is 2.22. The van der Waals surface area contributed by atoms with E-state index in [1.807, 2.05) is 0 Å². The van der Waals surface area contributed by atoms with Crippen molar-refractivity contribution in [3.63, 3.8) is 0 Å². The van der Waals surface area contributed by atoms with Gasteiger partial charge in [0.2, 0.25) is 0 Å². The van der Waals surface area contributed by atoms with Crippen molar-refractivity contribution in [1.82, 2.24) is 9.13 Å². The van der Waals surface area contributed by atoms with Gasteiger partial charge in [0.15, 0.2) is 0 Å². The summed E-state index contributed by atoms with van der Waals surface area (Å²) >= 11 is 0. The second-order valence-corrected chi connectivity index (χ2v) is 11.3. The van der Waals surface area contributed by atoms with Crippen molar-refractivity contribution in [3.8, 4) is 16.8 Å². The van der Waals surface area contributed by atoms with Crippen LogP contribution in [0.25, 0.3) is 66.1 Å². The van der Waals surface area contributed by atoms with Gasteiger partial charge >= 0.3 is 0 Å². The molecule has 8 rings (SSSR count). The summed E-state index contributed by atoms with van der Waals surface area (Å²) in [4.78, 5) is 0. The van der Waals surface area contributed by atoms with Crippen molar-refractivity contribution in [2.24, 2.45) is 0 Å². The predicted molar refractivity (Wildman–Crippen MR) is 180 cm³/mol. The molecule has 0 amide bonds. The summed E-state index contributed by atoms with van der Waals surface area (Å²) in [6.07, 6.45) is 8.90. The minimum absolute atomic E-state index is 1.03. The van der Waals surface area contributed by atoms with Gasteiger partial charge in [-0.1, -0.05) is 91.0 Å². The van der Waals surface area contributed by atoms with Gasteiger partial charge in [0.05, 0.1) is 22.1 Å². The molecule has 1 aliphatic carbocycles. The third kappa shape index (κ3) is 3.72. The highest BCUT2D eigenvalue weighted by molar-refractivity contribution is 6.29. The molecule has 2 aromatic heterocycles. The molecule has 2 heteroatoms. The molecule has 0 unspecified atom stereocenters. The van der Waals surface area contributed by atoms with Crippen LogP contribution in [0.2, 0.25) is 0 Å². The monoisotopic (exact) mass is 540 g/mol. The van der Waals surface area contributed by atoms with Gasteiger partial charge in [-0.05, 0) is 91.4 Å². The van der Waals surface area contributed by atoms with Crippen molar-refractivity contribution in [3.05, 3.63) is 145 Å². The molecule has 0 saturated heterocycles. The van der Waals surface area contributed by atoms with Gasteiger partial charge in [0.1, 0.15) is 0 Å². The fourth-order valence-corrected chi connectivity index (χ4v) is 7.01. The molecule has 0 atom stereocenters. The summed E-state index contributed by atoms with van der Waals surface area (Å²) in [5.41, 5.74) is 12.8. The first-order chi connectivity index (χ1) is 20.7. The highest BCUT2D eigenvalue weighted by atomic mass is 15.0. The number of rotatable bonds is 4. The lowest BCUT2D eigenvalue weighted by atomic mass is 9.96. The molecule has 42 heavy (non-hydrogen) atoms. The van der Waals surface area contributed by atoms with E-state index in [0.29, 0.717) is 0 Å². The molecular formula is C40H32N2. The molecule has 0 N–H and O–H groups in total. The van der Waals surface area contributed by atoms with Crippen molar-refractivity contribution >= 4 is 49.3 Å². The van der Waals surface area contributed by atoms with Gasteiger partial charge in [-0.3, -0.25) is 0 Å². The molecule has 0 bridgehead atoms. The lowest BCUT2D eigenvalue weighted by Crippen LogP contribution is -2.03. The minimum atomic E-state index is 1.03. The molecule has 0 spiro atoms. The number of hydrogen-bond acceptors (Lipinski definition) is 0. The highest BCUT2D eigenvalue weighted by Crippen LogP contribution is 2.43. The van der Waals surface area contributed by atoms with Crippen molar-refractivity contribution in [2.75, 3.05) is 0 Å². The number of para-hydroxylation sites is 2. The molecule has 202 valence electrons. The fraction of sp³-hybridized carbons (Fsp3) is 0.100. The number of allylic oxidation sites excluding steroid dienone is 6. The zero-order valence-corrected chi connectivity index (χ0v) is 24.0. The Hall–Kier alpha value is -5.08. The van der Waals surface area contributed by atoms with Crippen LogP contribution in [0.4, 0.5) is 0 Å². The van der Waals surface area contributed by atoms with Crippen LogP contribution in [-0.2, 0) is 0 Å². The smallest absolute Gasteiger partial charge is 0.0548 e. The van der Waals surface area contributed by atoms with E-state index in [2.05, 4.69) is 156 Å². The molecule has 7 aromatic rings. The van der Waals surface area contributed by atoms with Crippen LogP contribution in [0.15, 0.2) is 145 Å². The molecule has 2 heterocycles. The maximum Gasteiger partial charge on any atom is 0.0548 e. The van der Waals surface area contributed by atoms with E-state index < -0.39 is 0 Å². The lowest BCUT2D eigenvalue weighted by Gasteiger charge is -2.19. The van der Waals surface area contributed by atoms with Crippen LogP contribution < -0.4 is 0 Å². The summed E-state index contributed by atoms with van der Waals surface area (Å²) in [6.45, 7) is 4.35. The van der Waals surface area contributed by atoms with E-state index in [1.54, 1.807) is 0 Å². The Morgan fingerprint density at radius 2 is 1.12 bits per heavy atom. The van der Waals surface area contributed by atoms with Gasteiger partial charge in [-0.15, -0.1) is 0 Å². The average Bonchev–Trinajstić information content (AvgIpc) is 3.55. The van der Waals surface area contributed by atoms with Crippen LogP contribution in [0.5, 0.6) is 0 Å². The minimum Gasteiger partial charge on any atom is -0.313 e. The summed E-state index contributed by atoms with van der Waals surface area (Å²) in [7, 11) is 0. The Balaban J connectivity index is 1.41. The Bertz CT molecular complexity index is 2230. The number of nitrogens with zero attached hydrogens (tertiary/aromatic N) is 2. The summed E-state index contributed by atoms with van der Waals surface area (Å²) in [5, 5.41) is 5.25. The number of hydrogen-bond donors (Lipinski definition) is 0. The zero-order chi connectivity index (χ0) is 28.2. The predicted octanol–water partition coefficient (Wildman–Crippen LogP) is 11.1. The van der Waals surface area contributed by atoms with E-state index in [9.17, 15) is 0 Å². The van der Waals surface area contributed by atoms with E-state index in [4.69, 9.17) is 0 Å². The Morgan fingerprint density at radius 3 is 1.76 bits per heavy atom. The van der Waals surface area contributed by atoms with Crippen LogP contribution in [0, 0.1) is 0 Å². The molecular weight excluding hydrogens is 508 g/mol. The third-order valence-corrected chi connectivity index (χ3v) is 8.90. The fourth-order valence-electron chi connectivity index (χ4n) is 7.01. The van der Waals surface area contributed by atoms with Gasteiger partial charge in [-0.25, -0.2) is 0 Å². The van der Waals surface area contributed by atoms with Gasteiger partial charge in [0.25, 0.3) is 0 Å². The molecule has 5 aromatic carbocycles. The van der Waals surface area contributed by atoms with E-state index >= 15 is 0 Å². The zero-order valence-electron chi connectivity index (χ0n) is 24.0. The van der Waals surface area contributed by atoms with Gasteiger partial charge in [0, 0.05) is 32.9 Å². The quantitative estimate of drug-likeness (QED) is 0.210. The topological polar surface area (TPSA) is 9.86 Å². The lowest BCUT2D eigenvalue weighted by molar-refractivity contribution is 0.931. The largest absolute Gasteiger partial charge is 0.313 e. The SMILES string of the molecule is C/C=C\C1=C(C)C=C(n2c3ccccc3c3c4c5ccccc5n(-c5ccc(-c6ccccc6)cc5)c4ccc32)CC1. The van der Waals surface area contributed by atoms with Crippen molar-refractivity contribution in [1.29, 1.82) is 0 Å². The average molecular weight is 541 g/mol. The first-order valence-electron chi connectivity index (χ1n) is 14.9. The molecule has 0 radical (unpaired) electrons. The molecule has 1 aliphatic rings. The summed E-state index contributed by atoms with van der Waals surface area (Å²) < 4.78 is 4.95. The molecule has 0 saturated carbocycles. The number of benzene rings is 5. The molecule has 2 nitrogen and oxygen atoms in total. The Labute approximate surface area is 246 Å². The van der Waals surface area contributed by atoms with E-state index in [0.717, 1.165) is 12.8 Å². The molecule has 0 fully saturated rings. The van der Waals surface area contributed by atoms with Crippen molar-refractivity contribution < 1.29 is 0 Å². The summed E-state index contributed by atoms with van der Waals surface area (Å²) in [5.74, 6) is 0. The maximum atomic E-state index is 2.51. The molecule has 0 aliphatic heterocycles. The van der Waals surface area contributed by atoms with Crippen molar-refractivity contribution in [2.45, 2.75) is 26.7 Å². The second-order valence-electron chi connectivity index (χ2n) is 11.3. The number of fused-ring (bicyclic) bond motifs is 7. The summed E-state index contributed by atoms with van der Waals surface area (Å²) in [6, 6.07) is 42.1. The first kappa shape index (κ1) is 24.7. The van der Waals surface area contributed by atoms with Crippen LogP contribution in [0.1, 0.15) is 26.7 Å². The third-order valence-electron chi connectivity index (χ3n) is 8.90. The van der Waals surface area contributed by atoms with Crippen LogP contribution in [-0.4, -0.2) is 9.13 Å². The van der Waals surface area contributed by atoms with Gasteiger partial charge < -0.3 is 9.13 Å². The normalized spacial score (nSPS) is 14.2. The van der Waals surface area contributed by atoms with Crippen LogP contribution in [0.3, 0.4) is 0 Å². The van der Waals surface area contributed by atoms with E-state index in [-0.39, 0.29) is 0 Å². The standard InChI is InChI=1S/C40H32N2/c1-3-11-28-18-23-32(26-27(28)2)42-36-17-10-8-15-34(36)40-38(42)25-24-37-39(40)33-14-7-9-16-35(33)41(37)31-21-19-30(20-22-31)29-12-5-4-6-13-29/h3-17,19-22,24-26H,18,23H2,1-2H3/b11-3-.